The fourth-order valence-corrected chi connectivity index (χ4v) is 11.7. The number of phenolic OH excluding ortho intramolecular Hbond substituents is 1. The van der Waals surface area contributed by atoms with Crippen LogP contribution in [0.1, 0.15) is 96.5 Å². The molecule has 0 spiro atoms. The molecule has 0 unspecified atom stereocenters. The summed E-state index contributed by atoms with van der Waals surface area (Å²) in [6.07, 6.45) is 3.07. The lowest BCUT2D eigenvalue weighted by atomic mass is 9.85. The minimum absolute atomic E-state index is 0.0378. The van der Waals surface area contributed by atoms with Gasteiger partial charge in [-0.1, -0.05) is 58.0 Å². The van der Waals surface area contributed by atoms with E-state index in [2.05, 4.69) is 30.5 Å². The van der Waals surface area contributed by atoms with Crippen LogP contribution < -0.4 is 20.3 Å². The first kappa shape index (κ1) is 55.3. The smallest absolute Gasteiger partial charge is 0.319 e. The molecule has 3 fully saturated rings. The van der Waals surface area contributed by atoms with Crippen LogP contribution in [0.2, 0.25) is 0 Å². The van der Waals surface area contributed by atoms with Crippen molar-refractivity contribution in [3.8, 4) is 33.5 Å². The van der Waals surface area contributed by atoms with Gasteiger partial charge in [0.25, 0.3) is 0 Å². The number of aliphatic hydroxyl groups excluding tert-OH is 1. The summed E-state index contributed by atoms with van der Waals surface area (Å²) < 4.78 is 44.5. The molecule has 5 atom stereocenters. The molecule has 3 aliphatic rings. The first-order valence-corrected chi connectivity index (χ1v) is 27.4. The quantitative estimate of drug-likeness (QED) is 0.0598. The molecule has 3 aromatic heterocycles. The maximum absolute atomic E-state index is 17.1. The Morgan fingerprint density at radius 1 is 1.01 bits per heavy atom. The average molecular weight is 1080 g/mol. The summed E-state index contributed by atoms with van der Waals surface area (Å²) >= 11 is 1.56. The number of aromatic nitrogens is 4. The second-order valence-electron chi connectivity index (χ2n) is 22.1. The predicted octanol–water partition coefficient (Wildman–Crippen LogP) is 7.40. The highest BCUT2D eigenvalue weighted by Crippen LogP contribution is 2.40. The number of aromatic hydroxyl groups is 1. The molecule has 0 bridgehead atoms. The minimum Gasteiger partial charge on any atom is -0.508 e. The number of halogens is 2. The van der Waals surface area contributed by atoms with E-state index in [4.69, 9.17) is 14.5 Å². The third-order valence-corrected chi connectivity index (χ3v) is 16.0. The fraction of sp³-hybridized carbons (Fsp3) is 0.491. The van der Waals surface area contributed by atoms with Crippen LogP contribution >= 0.6 is 11.3 Å². The van der Waals surface area contributed by atoms with E-state index in [1.807, 2.05) is 76.2 Å². The van der Waals surface area contributed by atoms with Crippen LogP contribution in [0.15, 0.2) is 60.2 Å². The summed E-state index contributed by atoms with van der Waals surface area (Å²) in [5.74, 6) is -2.34. The number of nitrogens with zero attached hydrogens (tertiary/aromatic N) is 7. The number of amides is 3. The Bertz CT molecular complexity index is 3140. The first-order chi connectivity index (χ1) is 36.7. The van der Waals surface area contributed by atoms with Crippen LogP contribution in [0.5, 0.6) is 11.8 Å². The Morgan fingerprint density at radius 2 is 1.77 bits per heavy atom. The number of thiazole rings is 1. The van der Waals surface area contributed by atoms with Crippen LogP contribution in [-0.2, 0) is 25.5 Å². The maximum Gasteiger partial charge on any atom is 0.319 e. The SMILES string of the molecule is CCc1c(F)ccc2cc(O)cc(-c3ncc4c(N5CCC[C@@](C)(O)C5)nc(OC5CCN(CCOCC(=O)N[C@H](C(=O)N6C[C@H](O)C[C@H]6C(=O)N[C@@H](C)c6ccc(-c7scnc7C)cc6)C(C)(C)C)CC5)nc4c3F)c12. The van der Waals surface area contributed by atoms with Crippen molar-refractivity contribution in [2.45, 2.75) is 123 Å². The second kappa shape index (κ2) is 22.9. The monoisotopic (exact) mass is 1080 g/mol. The first-order valence-electron chi connectivity index (χ1n) is 26.5. The van der Waals surface area contributed by atoms with Crippen LogP contribution in [0.25, 0.3) is 43.4 Å². The molecule has 3 saturated heterocycles. The van der Waals surface area contributed by atoms with Crippen molar-refractivity contribution in [1.82, 2.24) is 40.4 Å². The molecule has 0 aliphatic carbocycles. The third kappa shape index (κ3) is 12.3. The molecule has 3 amide bonds. The number of anilines is 1. The highest BCUT2D eigenvalue weighted by molar-refractivity contribution is 7.13. The topological polar surface area (TPSA) is 216 Å². The summed E-state index contributed by atoms with van der Waals surface area (Å²) in [7, 11) is 0. The lowest BCUT2D eigenvalue weighted by Gasteiger charge is -2.38. The molecule has 9 rings (SSSR count). The van der Waals surface area contributed by atoms with Gasteiger partial charge in [-0.2, -0.15) is 9.97 Å². The summed E-state index contributed by atoms with van der Waals surface area (Å²) in [5, 5.41) is 39.7. The molecule has 410 valence electrons. The third-order valence-electron chi connectivity index (χ3n) is 15.0. The van der Waals surface area contributed by atoms with Crippen molar-refractivity contribution >= 4 is 56.6 Å². The highest BCUT2D eigenvalue weighted by Gasteiger charge is 2.45. The summed E-state index contributed by atoms with van der Waals surface area (Å²) in [4.78, 5) is 66.2. The Balaban J connectivity index is 0.803. The number of carbonyl (C=O) groups excluding carboxylic acids is 3. The molecule has 20 heteroatoms. The van der Waals surface area contributed by atoms with Crippen molar-refractivity contribution in [2.24, 2.45) is 5.41 Å². The van der Waals surface area contributed by atoms with Gasteiger partial charge in [-0.3, -0.25) is 19.4 Å². The van der Waals surface area contributed by atoms with Crippen LogP contribution in [0, 0.1) is 24.0 Å². The Hall–Kier alpha value is -6.45. The number of carbonyl (C=O) groups is 3. The number of fused-ring (bicyclic) bond motifs is 2. The van der Waals surface area contributed by atoms with E-state index in [1.165, 1.54) is 29.3 Å². The molecular formula is C57H69F2N9O8S. The number of pyridine rings is 1. The van der Waals surface area contributed by atoms with Crippen molar-refractivity contribution in [1.29, 1.82) is 0 Å². The standard InChI is InChI=1S/C57H69F2N9O8S/c1-8-40-43(58)15-14-36-24-37(69)25-41(46(36)40)48-47(59)49-42(27-60-48)52(67-19-9-18-57(7,74)30-67)65-55(64-49)76-39-16-20-66(21-17-39)22-23-75-29-45(71)63-51(56(4,5)6)54(73)68-28-38(70)26-44(68)53(72)62-32(2)34-10-12-35(13-11-34)50-33(3)61-31-77-50/h10-15,24-25,27,31-32,38-39,44,51,69-70,74H,8-9,16-23,26,28-30H2,1-7H3,(H,62,72)(H,63,71)/t32-,38+,44-,51+,57+/m0/s1. The summed E-state index contributed by atoms with van der Waals surface area (Å²) in [6.45, 7) is 15.3. The van der Waals surface area contributed by atoms with Crippen LogP contribution in [0.4, 0.5) is 14.6 Å². The molecule has 17 nitrogen and oxygen atoms in total. The number of piperidine rings is 2. The van der Waals surface area contributed by atoms with E-state index in [-0.39, 0.29) is 73.4 Å². The van der Waals surface area contributed by atoms with Gasteiger partial charge in [0.15, 0.2) is 5.82 Å². The van der Waals surface area contributed by atoms with Crippen molar-refractivity contribution in [2.75, 3.05) is 57.4 Å². The normalized spacial score (nSPS) is 20.4. The number of benzene rings is 3. The number of phenols is 1. The number of hydrogen-bond donors (Lipinski definition) is 5. The lowest BCUT2D eigenvalue weighted by Crippen LogP contribution is -2.58. The number of likely N-dealkylation sites (tertiary alicyclic amines) is 2. The minimum atomic E-state index is -1.02. The number of rotatable bonds is 16. The molecule has 77 heavy (non-hydrogen) atoms. The number of aryl methyl sites for hydroxylation is 2. The molecule has 6 aromatic rings. The molecule has 3 aromatic carbocycles. The summed E-state index contributed by atoms with van der Waals surface area (Å²) in [5.41, 5.74) is 3.34. The van der Waals surface area contributed by atoms with Gasteiger partial charge in [-0.25, -0.2) is 13.8 Å². The number of ether oxygens (including phenoxy) is 2. The fourth-order valence-electron chi connectivity index (χ4n) is 10.9. The highest BCUT2D eigenvalue weighted by atomic mass is 32.1. The molecule has 0 saturated carbocycles. The Morgan fingerprint density at radius 3 is 2.45 bits per heavy atom. The Kier molecular flexibility index (Phi) is 16.4. The number of nitrogens with one attached hydrogen (secondary N) is 2. The van der Waals surface area contributed by atoms with Crippen molar-refractivity contribution < 1.29 is 48.0 Å². The molecule has 6 heterocycles. The maximum atomic E-state index is 17.1. The van der Waals surface area contributed by atoms with Gasteiger partial charge in [0.1, 0.15) is 53.4 Å². The van der Waals surface area contributed by atoms with Crippen LogP contribution in [-0.4, -0.2) is 145 Å². The van der Waals surface area contributed by atoms with Crippen molar-refractivity contribution in [3.63, 3.8) is 0 Å². The zero-order chi connectivity index (χ0) is 54.9. The zero-order valence-corrected chi connectivity index (χ0v) is 45.6. The molecule has 0 radical (unpaired) electrons. The number of hydrogen-bond acceptors (Lipinski definition) is 15. The van der Waals surface area contributed by atoms with Gasteiger partial charge < -0.3 is 50.1 Å². The van der Waals surface area contributed by atoms with Gasteiger partial charge in [-0.15, -0.1) is 11.3 Å². The average Bonchev–Trinajstić information content (AvgIpc) is 4.02. The van der Waals surface area contributed by atoms with Crippen LogP contribution in [0.3, 0.4) is 0 Å². The van der Waals surface area contributed by atoms with E-state index < -0.39 is 58.6 Å². The van der Waals surface area contributed by atoms with Crippen molar-refractivity contribution in [3.05, 3.63) is 88.7 Å². The van der Waals surface area contributed by atoms with E-state index >= 15 is 8.78 Å². The van der Waals surface area contributed by atoms with E-state index in [9.17, 15) is 29.7 Å². The second-order valence-corrected chi connectivity index (χ2v) is 23.0. The number of aliphatic hydroxyl groups is 2. The van der Waals surface area contributed by atoms with Gasteiger partial charge in [0.05, 0.1) is 45.8 Å². The van der Waals surface area contributed by atoms with Gasteiger partial charge in [-0.05, 0) is 104 Å². The predicted molar refractivity (Wildman–Crippen MR) is 291 cm³/mol. The molecule has 3 aliphatic heterocycles. The van der Waals surface area contributed by atoms with Gasteiger partial charge in [0, 0.05) is 57.4 Å². The summed E-state index contributed by atoms with van der Waals surface area (Å²) in [6, 6.07) is 11.3. The molecular weight excluding hydrogens is 1010 g/mol. The number of β-amino-alcohol motifs (C(OH)–C–C–N with tert-alkyl or cyclic N) is 2. The van der Waals surface area contributed by atoms with Gasteiger partial charge in [0.2, 0.25) is 17.7 Å². The largest absolute Gasteiger partial charge is 0.508 e. The zero-order valence-electron chi connectivity index (χ0n) is 44.7. The van der Waals surface area contributed by atoms with E-state index in [1.54, 1.807) is 24.3 Å². The lowest BCUT2D eigenvalue weighted by molar-refractivity contribution is -0.144. The van der Waals surface area contributed by atoms with Gasteiger partial charge >= 0.3 is 6.01 Å². The van der Waals surface area contributed by atoms with E-state index in [0.29, 0.717) is 85.8 Å². The Labute approximate surface area is 451 Å². The molecule has 5 N–H and O–H groups in total. The van der Waals surface area contributed by atoms with E-state index in [0.717, 1.165) is 21.7 Å².